The highest BCUT2D eigenvalue weighted by Crippen LogP contribution is 2.33. The van der Waals surface area contributed by atoms with E-state index in [1.54, 1.807) is 35.2 Å². The molecule has 0 bridgehead atoms. The number of hydrogen-bond donors (Lipinski definition) is 1. The second-order valence-electron chi connectivity index (χ2n) is 6.62. The maximum atomic E-state index is 14.0. The number of piperidine rings is 1. The van der Waals surface area contributed by atoms with Crippen molar-refractivity contribution in [2.75, 3.05) is 18.4 Å². The van der Waals surface area contributed by atoms with Crippen LogP contribution in [0.1, 0.15) is 23.8 Å². The molecular formula is C20H18ClFN4OS. The highest BCUT2D eigenvalue weighted by Gasteiger charge is 2.28. The molecule has 1 N–H and O–H groups in total. The van der Waals surface area contributed by atoms with Crippen LogP contribution in [0.4, 0.5) is 14.9 Å². The average molecular weight is 417 g/mol. The summed E-state index contributed by atoms with van der Waals surface area (Å²) in [5.41, 5.74) is 1.05. The fraction of sp³-hybridized carbons (Fsp3) is 0.250. The lowest BCUT2D eigenvalue weighted by atomic mass is 9.99. The summed E-state index contributed by atoms with van der Waals surface area (Å²) in [6.07, 6.45) is 1.79. The summed E-state index contributed by atoms with van der Waals surface area (Å²) < 4.78 is 14.0. The first-order chi connectivity index (χ1) is 13.6. The molecule has 0 radical (unpaired) electrons. The van der Waals surface area contributed by atoms with Gasteiger partial charge in [0.1, 0.15) is 10.8 Å². The highest BCUT2D eigenvalue weighted by atomic mass is 35.5. The summed E-state index contributed by atoms with van der Waals surface area (Å²) in [6.45, 7) is 1.22. The van der Waals surface area contributed by atoms with Crippen molar-refractivity contribution >= 4 is 34.7 Å². The van der Waals surface area contributed by atoms with Crippen LogP contribution >= 0.6 is 22.9 Å². The predicted molar refractivity (Wildman–Crippen MR) is 109 cm³/mol. The van der Waals surface area contributed by atoms with E-state index in [1.807, 2.05) is 12.1 Å². The molecule has 144 valence electrons. The van der Waals surface area contributed by atoms with Crippen molar-refractivity contribution in [3.05, 3.63) is 64.4 Å². The smallest absolute Gasteiger partial charge is 0.321 e. The van der Waals surface area contributed by atoms with Crippen LogP contribution in [0.3, 0.4) is 0 Å². The van der Waals surface area contributed by atoms with Crippen molar-refractivity contribution in [3.63, 3.8) is 0 Å². The number of amides is 2. The Balaban J connectivity index is 1.46. The van der Waals surface area contributed by atoms with E-state index < -0.39 is 0 Å². The van der Waals surface area contributed by atoms with Crippen LogP contribution in [0.5, 0.6) is 0 Å². The van der Waals surface area contributed by atoms with Gasteiger partial charge in [0.25, 0.3) is 0 Å². The second kappa shape index (κ2) is 8.24. The number of aromatic nitrogens is 2. The Morgan fingerprint density at radius 2 is 1.96 bits per heavy atom. The van der Waals surface area contributed by atoms with E-state index in [4.69, 9.17) is 11.6 Å². The van der Waals surface area contributed by atoms with Crippen molar-refractivity contribution in [1.29, 1.82) is 0 Å². The van der Waals surface area contributed by atoms with Crippen LogP contribution < -0.4 is 5.32 Å². The number of anilines is 1. The van der Waals surface area contributed by atoms with Gasteiger partial charge in [0, 0.05) is 24.6 Å². The number of urea groups is 1. The van der Waals surface area contributed by atoms with Gasteiger partial charge in [-0.2, -0.15) is 0 Å². The normalized spacial score (nSPS) is 16.8. The third-order valence-corrected chi connectivity index (χ3v) is 6.17. The van der Waals surface area contributed by atoms with Crippen molar-refractivity contribution in [3.8, 4) is 10.6 Å². The van der Waals surface area contributed by atoms with Gasteiger partial charge < -0.3 is 10.2 Å². The van der Waals surface area contributed by atoms with Crippen LogP contribution in [0.2, 0.25) is 5.02 Å². The minimum atomic E-state index is -0.311. The molecule has 1 aliphatic rings. The standard InChI is InChI=1S/C20H18ClFN4OS/c21-15-8-2-4-10-17(15)23-20(27)26-11-5-6-13(12-26)18-24-25-19(28-18)14-7-1-3-9-16(14)22/h1-4,7-10,13H,5-6,11-12H2,(H,23,27)/t13-/m1/s1. The molecule has 3 aromatic rings. The van der Waals surface area contributed by atoms with Crippen LogP contribution in [0.15, 0.2) is 48.5 Å². The molecule has 0 spiro atoms. The van der Waals surface area contributed by atoms with Crippen LogP contribution in [-0.2, 0) is 0 Å². The number of carbonyl (C=O) groups excluding carboxylic acids is 1. The Morgan fingerprint density at radius 3 is 2.79 bits per heavy atom. The second-order valence-corrected chi connectivity index (χ2v) is 8.04. The molecule has 0 aliphatic carbocycles. The van der Waals surface area contributed by atoms with Gasteiger partial charge >= 0.3 is 6.03 Å². The van der Waals surface area contributed by atoms with Crippen LogP contribution in [0, 0.1) is 5.82 Å². The van der Waals surface area contributed by atoms with Crippen LogP contribution in [0.25, 0.3) is 10.6 Å². The first kappa shape index (κ1) is 18.8. The zero-order chi connectivity index (χ0) is 19.5. The van der Waals surface area contributed by atoms with Crippen molar-refractivity contribution in [2.24, 2.45) is 0 Å². The van der Waals surface area contributed by atoms with Crippen molar-refractivity contribution in [2.45, 2.75) is 18.8 Å². The van der Waals surface area contributed by atoms with E-state index in [1.165, 1.54) is 17.4 Å². The summed E-state index contributed by atoms with van der Waals surface area (Å²) in [5.74, 6) is -0.224. The quantitative estimate of drug-likeness (QED) is 0.621. The molecule has 0 unspecified atom stereocenters. The van der Waals surface area contributed by atoms with E-state index >= 15 is 0 Å². The van der Waals surface area contributed by atoms with E-state index in [-0.39, 0.29) is 17.8 Å². The van der Waals surface area contributed by atoms with E-state index in [9.17, 15) is 9.18 Å². The number of para-hydroxylation sites is 1. The SMILES string of the molecule is O=C(Nc1ccccc1Cl)N1CCC[C@@H](c2nnc(-c3ccccc3F)s2)C1. The van der Waals surface area contributed by atoms with Gasteiger partial charge in [-0.15, -0.1) is 10.2 Å². The minimum absolute atomic E-state index is 0.0868. The molecule has 1 fully saturated rings. The molecule has 1 atom stereocenters. The molecular weight excluding hydrogens is 399 g/mol. The molecule has 4 rings (SSSR count). The van der Waals surface area contributed by atoms with Gasteiger partial charge in [-0.25, -0.2) is 9.18 Å². The summed E-state index contributed by atoms with van der Waals surface area (Å²) in [6, 6.07) is 13.5. The first-order valence-electron chi connectivity index (χ1n) is 9.00. The number of nitrogens with one attached hydrogen (secondary N) is 1. The summed E-state index contributed by atoms with van der Waals surface area (Å²) in [7, 11) is 0. The van der Waals surface area contributed by atoms with Crippen molar-refractivity contribution in [1.82, 2.24) is 15.1 Å². The number of hydrogen-bond acceptors (Lipinski definition) is 4. The Bertz CT molecular complexity index is 996. The Morgan fingerprint density at radius 1 is 1.18 bits per heavy atom. The minimum Gasteiger partial charge on any atom is -0.324 e. The molecule has 8 heteroatoms. The predicted octanol–water partition coefficient (Wildman–Crippen LogP) is 5.41. The van der Waals surface area contributed by atoms with Gasteiger partial charge in [0.15, 0.2) is 5.01 Å². The van der Waals surface area contributed by atoms with Gasteiger partial charge in [-0.05, 0) is 37.1 Å². The van der Waals surface area contributed by atoms with Gasteiger partial charge in [0.05, 0.1) is 10.7 Å². The molecule has 2 amide bonds. The molecule has 2 aromatic carbocycles. The topological polar surface area (TPSA) is 58.1 Å². The van der Waals surface area contributed by atoms with Gasteiger partial charge in [-0.3, -0.25) is 0 Å². The monoisotopic (exact) mass is 416 g/mol. The van der Waals surface area contributed by atoms with Crippen LogP contribution in [-0.4, -0.2) is 34.2 Å². The summed E-state index contributed by atoms with van der Waals surface area (Å²) >= 11 is 7.51. The lowest BCUT2D eigenvalue weighted by molar-refractivity contribution is 0.192. The zero-order valence-corrected chi connectivity index (χ0v) is 16.5. The third-order valence-electron chi connectivity index (χ3n) is 4.72. The zero-order valence-electron chi connectivity index (χ0n) is 14.9. The Labute approximate surface area is 171 Å². The third kappa shape index (κ3) is 4.00. The number of likely N-dealkylation sites (tertiary alicyclic amines) is 1. The summed E-state index contributed by atoms with van der Waals surface area (Å²) in [4.78, 5) is 14.4. The molecule has 1 aliphatic heterocycles. The van der Waals surface area contributed by atoms with Gasteiger partial charge in [0.2, 0.25) is 0 Å². The van der Waals surface area contributed by atoms with E-state index in [0.29, 0.717) is 34.4 Å². The maximum absolute atomic E-state index is 14.0. The summed E-state index contributed by atoms with van der Waals surface area (Å²) in [5, 5.41) is 13.2. The lowest BCUT2D eigenvalue weighted by Crippen LogP contribution is -2.41. The molecule has 1 aromatic heterocycles. The number of rotatable bonds is 3. The number of benzene rings is 2. The fourth-order valence-electron chi connectivity index (χ4n) is 3.26. The number of nitrogens with zero attached hydrogens (tertiary/aromatic N) is 3. The fourth-order valence-corrected chi connectivity index (χ4v) is 4.44. The van der Waals surface area contributed by atoms with Gasteiger partial charge in [-0.1, -0.05) is 47.2 Å². The highest BCUT2D eigenvalue weighted by molar-refractivity contribution is 7.14. The molecule has 2 heterocycles. The average Bonchev–Trinajstić information content (AvgIpc) is 3.20. The maximum Gasteiger partial charge on any atom is 0.321 e. The van der Waals surface area contributed by atoms with Crippen molar-refractivity contribution < 1.29 is 9.18 Å². The Hall–Kier alpha value is -2.51. The Kier molecular flexibility index (Phi) is 5.54. The number of carbonyl (C=O) groups is 1. The molecule has 5 nitrogen and oxygen atoms in total. The largest absolute Gasteiger partial charge is 0.324 e. The van der Waals surface area contributed by atoms with E-state index in [0.717, 1.165) is 17.8 Å². The lowest BCUT2D eigenvalue weighted by Gasteiger charge is -2.31. The molecule has 1 saturated heterocycles. The first-order valence-corrected chi connectivity index (χ1v) is 10.2. The van der Waals surface area contributed by atoms with E-state index in [2.05, 4.69) is 15.5 Å². The number of halogens is 2. The molecule has 28 heavy (non-hydrogen) atoms. The molecule has 0 saturated carbocycles.